The normalized spacial score (nSPS) is 18.5. The van der Waals surface area contributed by atoms with Crippen LogP contribution in [0.1, 0.15) is 31.9 Å². The van der Waals surface area contributed by atoms with Gasteiger partial charge in [0.1, 0.15) is 11.5 Å². The summed E-state index contributed by atoms with van der Waals surface area (Å²) in [6.07, 6.45) is 3.92. The average molecular weight is 235 g/mol. The lowest BCUT2D eigenvalue weighted by Crippen LogP contribution is -2.44. The van der Waals surface area contributed by atoms with Gasteiger partial charge in [-0.2, -0.15) is 0 Å². The molecule has 4 nitrogen and oxygen atoms in total. The molecule has 0 aliphatic carbocycles. The highest BCUT2D eigenvalue weighted by Crippen LogP contribution is 2.15. The fraction of sp³-hybridized carbons (Fsp3) is 0.538. The Bertz CT molecular complexity index is 397. The molecule has 0 bridgehead atoms. The van der Waals surface area contributed by atoms with Crippen LogP contribution in [-0.2, 0) is 16.0 Å². The molecular weight excluding hydrogens is 218 g/mol. The molecule has 1 aromatic rings. The van der Waals surface area contributed by atoms with E-state index in [1.165, 1.54) is 0 Å². The number of rotatable bonds is 4. The molecule has 0 radical (unpaired) electrons. The minimum atomic E-state index is -0.0341. The lowest BCUT2D eigenvalue weighted by Gasteiger charge is -2.31. The molecule has 1 amide bonds. The molecule has 0 saturated carbocycles. The van der Waals surface area contributed by atoms with Crippen molar-refractivity contribution >= 4 is 11.7 Å². The van der Waals surface area contributed by atoms with E-state index in [0.29, 0.717) is 13.0 Å². The third-order valence-electron chi connectivity index (χ3n) is 3.22. The van der Waals surface area contributed by atoms with Gasteiger partial charge in [-0.25, -0.2) is 0 Å². The highest BCUT2D eigenvalue weighted by Gasteiger charge is 2.27. The summed E-state index contributed by atoms with van der Waals surface area (Å²) in [5, 5.41) is 0. The molecule has 2 rings (SSSR count). The maximum Gasteiger partial charge on any atom is 0.230 e. The lowest BCUT2D eigenvalue weighted by atomic mass is 10.0. The van der Waals surface area contributed by atoms with Gasteiger partial charge in [-0.1, -0.05) is 0 Å². The topological polar surface area (TPSA) is 50.5 Å². The second-order valence-corrected chi connectivity index (χ2v) is 4.52. The highest BCUT2D eigenvalue weighted by atomic mass is 16.3. The Morgan fingerprint density at radius 1 is 1.47 bits per heavy atom. The van der Waals surface area contributed by atoms with E-state index >= 15 is 0 Å². The number of furan rings is 1. The van der Waals surface area contributed by atoms with E-state index in [1.807, 2.05) is 24.0 Å². The predicted octanol–water partition coefficient (Wildman–Crippen LogP) is 1.79. The zero-order valence-corrected chi connectivity index (χ0v) is 10.0. The molecule has 0 spiro atoms. The summed E-state index contributed by atoms with van der Waals surface area (Å²) < 4.78 is 5.26. The van der Waals surface area contributed by atoms with E-state index in [2.05, 4.69) is 0 Å². The van der Waals surface area contributed by atoms with Crippen LogP contribution >= 0.6 is 0 Å². The van der Waals surface area contributed by atoms with Crippen LogP contribution in [0.4, 0.5) is 0 Å². The second-order valence-electron chi connectivity index (χ2n) is 4.52. The molecule has 2 heterocycles. The minimum absolute atomic E-state index is 0.0341. The monoisotopic (exact) mass is 235 g/mol. The molecular formula is C13H17NO3. The number of hydrogen-bond acceptors (Lipinski definition) is 3. The highest BCUT2D eigenvalue weighted by molar-refractivity contribution is 6.00. The van der Waals surface area contributed by atoms with Crippen LogP contribution in [-0.4, -0.2) is 29.2 Å². The van der Waals surface area contributed by atoms with Crippen molar-refractivity contribution in [3.8, 4) is 0 Å². The zero-order valence-electron chi connectivity index (χ0n) is 10.0. The summed E-state index contributed by atoms with van der Waals surface area (Å²) in [7, 11) is 0. The van der Waals surface area contributed by atoms with E-state index in [-0.39, 0.29) is 24.2 Å². The van der Waals surface area contributed by atoms with Crippen LogP contribution in [0.25, 0.3) is 0 Å². The third-order valence-corrected chi connectivity index (χ3v) is 3.22. The molecule has 0 aromatic carbocycles. The fourth-order valence-electron chi connectivity index (χ4n) is 2.16. The van der Waals surface area contributed by atoms with E-state index in [9.17, 15) is 9.59 Å². The maximum atomic E-state index is 11.7. The quantitative estimate of drug-likeness (QED) is 0.748. The molecule has 1 aliphatic heterocycles. The van der Waals surface area contributed by atoms with Gasteiger partial charge in [-0.05, 0) is 25.5 Å². The van der Waals surface area contributed by atoms with E-state index in [4.69, 9.17) is 4.42 Å². The zero-order chi connectivity index (χ0) is 12.3. The van der Waals surface area contributed by atoms with Gasteiger partial charge in [0.2, 0.25) is 5.91 Å². The molecule has 1 fully saturated rings. The van der Waals surface area contributed by atoms with Crippen molar-refractivity contribution in [1.82, 2.24) is 4.90 Å². The number of nitrogens with zero attached hydrogens (tertiary/aromatic N) is 1. The standard InChI is InChI=1S/C13H17NO3/c1-10(4-5-12-3-2-8-17-12)14-7-6-11(15)9-13(14)16/h2-3,8,10H,4-7,9H2,1H3. The number of carbonyl (C=O) groups excluding carboxylic acids is 2. The van der Waals surface area contributed by atoms with Gasteiger partial charge < -0.3 is 9.32 Å². The van der Waals surface area contributed by atoms with Crippen molar-refractivity contribution in [1.29, 1.82) is 0 Å². The molecule has 92 valence electrons. The largest absolute Gasteiger partial charge is 0.469 e. The molecule has 4 heteroatoms. The Hall–Kier alpha value is -1.58. The van der Waals surface area contributed by atoms with Gasteiger partial charge in [0.15, 0.2) is 0 Å². The average Bonchev–Trinajstić information content (AvgIpc) is 2.78. The number of amides is 1. The first kappa shape index (κ1) is 11.9. The Kier molecular flexibility index (Phi) is 3.61. The Morgan fingerprint density at radius 2 is 2.29 bits per heavy atom. The van der Waals surface area contributed by atoms with Gasteiger partial charge in [-0.3, -0.25) is 9.59 Å². The van der Waals surface area contributed by atoms with Crippen molar-refractivity contribution in [3.63, 3.8) is 0 Å². The number of ketones is 1. The smallest absolute Gasteiger partial charge is 0.230 e. The number of likely N-dealkylation sites (tertiary alicyclic amines) is 1. The summed E-state index contributed by atoms with van der Waals surface area (Å²) in [5.41, 5.74) is 0. The van der Waals surface area contributed by atoms with Crippen molar-refractivity contribution in [2.24, 2.45) is 0 Å². The van der Waals surface area contributed by atoms with Gasteiger partial charge in [0.25, 0.3) is 0 Å². The van der Waals surface area contributed by atoms with Crippen molar-refractivity contribution in [3.05, 3.63) is 24.2 Å². The summed E-state index contributed by atoms with van der Waals surface area (Å²) in [5.74, 6) is 0.968. The van der Waals surface area contributed by atoms with Crippen LogP contribution in [0, 0.1) is 0 Å². The molecule has 1 unspecified atom stereocenters. The van der Waals surface area contributed by atoms with Crippen LogP contribution in [0.5, 0.6) is 0 Å². The van der Waals surface area contributed by atoms with E-state index in [0.717, 1.165) is 18.6 Å². The first-order valence-corrected chi connectivity index (χ1v) is 6.00. The van der Waals surface area contributed by atoms with Crippen LogP contribution in [0.15, 0.2) is 22.8 Å². The van der Waals surface area contributed by atoms with Gasteiger partial charge in [0.05, 0.1) is 12.7 Å². The van der Waals surface area contributed by atoms with Gasteiger partial charge in [-0.15, -0.1) is 0 Å². The summed E-state index contributed by atoms with van der Waals surface area (Å²) in [4.78, 5) is 24.6. The summed E-state index contributed by atoms with van der Waals surface area (Å²) >= 11 is 0. The summed E-state index contributed by atoms with van der Waals surface area (Å²) in [6.45, 7) is 2.59. The molecule has 1 atom stereocenters. The molecule has 17 heavy (non-hydrogen) atoms. The minimum Gasteiger partial charge on any atom is -0.469 e. The number of piperidine rings is 1. The van der Waals surface area contributed by atoms with Crippen LogP contribution in [0.2, 0.25) is 0 Å². The predicted molar refractivity (Wildman–Crippen MR) is 62.4 cm³/mol. The molecule has 1 aromatic heterocycles. The second kappa shape index (κ2) is 5.17. The molecule has 1 saturated heterocycles. The number of carbonyl (C=O) groups is 2. The Balaban J connectivity index is 1.85. The first-order chi connectivity index (χ1) is 8.16. The van der Waals surface area contributed by atoms with Crippen LogP contribution in [0.3, 0.4) is 0 Å². The third kappa shape index (κ3) is 2.96. The van der Waals surface area contributed by atoms with Crippen molar-refractivity contribution < 1.29 is 14.0 Å². The Labute approximate surface area is 101 Å². The molecule has 0 N–H and O–H groups in total. The number of Topliss-reactive ketones (excluding diaryl/α,β-unsaturated/α-hetero) is 1. The van der Waals surface area contributed by atoms with E-state index < -0.39 is 0 Å². The molecule has 1 aliphatic rings. The van der Waals surface area contributed by atoms with E-state index in [1.54, 1.807) is 6.26 Å². The first-order valence-electron chi connectivity index (χ1n) is 6.00. The lowest BCUT2D eigenvalue weighted by molar-refractivity contribution is -0.141. The van der Waals surface area contributed by atoms with Gasteiger partial charge >= 0.3 is 0 Å². The van der Waals surface area contributed by atoms with Crippen molar-refractivity contribution in [2.45, 2.75) is 38.6 Å². The van der Waals surface area contributed by atoms with Gasteiger partial charge in [0, 0.05) is 25.4 Å². The van der Waals surface area contributed by atoms with Crippen LogP contribution < -0.4 is 0 Å². The summed E-state index contributed by atoms with van der Waals surface area (Å²) in [6, 6.07) is 3.97. The number of aryl methyl sites for hydroxylation is 1. The SMILES string of the molecule is CC(CCc1ccco1)N1CCC(=O)CC1=O. The van der Waals surface area contributed by atoms with Crippen molar-refractivity contribution in [2.75, 3.05) is 6.54 Å². The Morgan fingerprint density at radius 3 is 2.94 bits per heavy atom. The maximum absolute atomic E-state index is 11.7. The fourth-order valence-corrected chi connectivity index (χ4v) is 2.16. The number of hydrogen-bond donors (Lipinski definition) is 0.